The van der Waals surface area contributed by atoms with Gasteiger partial charge >= 0.3 is 0 Å². The first-order valence-electron chi connectivity index (χ1n) is 8.51. The molecular formula is C20H24N2O3S. The van der Waals surface area contributed by atoms with Crippen LogP contribution < -0.4 is 10.0 Å². The van der Waals surface area contributed by atoms with Gasteiger partial charge in [0.2, 0.25) is 15.9 Å². The monoisotopic (exact) mass is 372 g/mol. The Morgan fingerprint density at radius 1 is 1.00 bits per heavy atom. The smallest absolute Gasteiger partial charge is 0.248 e. The molecule has 0 aliphatic rings. The van der Waals surface area contributed by atoms with E-state index in [1.165, 1.54) is 11.6 Å². The SMILES string of the molecule is CCCCc1ccc(NC(=O)/C=C/c2ccc(NS(C)(=O)=O)cc2)cc1. The maximum absolute atomic E-state index is 12.0. The Kier molecular flexibility index (Phi) is 6.97. The summed E-state index contributed by atoms with van der Waals surface area (Å²) in [4.78, 5) is 12.0. The zero-order valence-corrected chi connectivity index (χ0v) is 15.8. The number of hydrogen-bond donors (Lipinski definition) is 2. The Labute approximate surface area is 155 Å². The van der Waals surface area contributed by atoms with Gasteiger partial charge in [-0.2, -0.15) is 0 Å². The number of anilines is 2. The van der Waals surface area contributed by atoms with Crippen molar-refractivity contribution in [2.75, 3.05) is 16.3 Å². The van der Waals surface area contributed by atoms with Crippen LogP contribution in [0.25, 0.3) is 6.08 Å². The normalized spacial score (nSPS) is 11.5. The molecule has 2 aromatic carbocycles. The summed E-state index contributed by atoms with van der Waals surface area (Å²) < 4.78 is 24.7. The molecule has 0 aliphatic carbocycles. The minimum Gasteiger partial charge on any atom is -0.323 e. The number of carbonyl (C=O) groups is 1. The molecule has 0 heterocycles. The lowest BCUT2D eigenvalue weighted by Crippen LogP contribution is -2.09. The first-order chi connectivity index (χ1) is 12.4. The van der Waals surface area contributed by atoms with E-state index in [0.29, 0.717) is 5.69 Å². The van der Waals surface area contributed by atoms with Gasteiger partial charge in [-0.15, -0.1) is 0 Å². The maximum atomic E-state index is 12.0. The largest absolute Gasteiger partial charge is 0.323 e. The number of benzene rings is 2. The summed E-state index contributed by atoms with van der Waals surface area (Å²) in [7, 11) is -3.29. The standard InChI is InChI=1S/C20H24N2O3S/c1-3-4-5-16-6-11-18(12-7-16)21-20(23)15-10-17-8-13-19(14-9-17)22-26(2,24)25/h6-15,22H,3-5H2,1-2H3,(H,21,23)/b15-10+. The van der Waals surface area contributed by atoms with Gasteiger partial charge in [0.15, 0.2) is 0 Å². The summed E-state index contributed by atoms with van der Waals surface area (Å²) in [5.41, 5.74) is 3.31. The fourth-order valence-electron chi connectivity index (χ4n) is 2.37. The van der Waals surface area contributed by atoms with E-state index >= 15 is 0 Å². The summed E-state index contributed by atoms with van der Waals surface area (Å²) in [6.07, 6.45) is 7.59. The van der Waals surface area contributed by atoms with E-state index in [-0.39, 0.29) is 5.91 Å². The van der Waals surface area contributed by atoms with Crippen molar-refractivity contribution in [3.05, 3.63) is 65.7 Å². The summed E-state index contributed by atoms with van der Waals surface area (Å²) >= 11 is 0. The Balaban J connectivity index is 1.90. The number of sulfonamides is 1. The van der Waals surface area contributed by atoms with Crippen LogP contribution in [0.3, 0.4) is 0 Å². The van der Waals surface area contributed by atoms with E-state index in [1.807, 2.05) is 24.3 Å². The molecule has 0 bridgehead atoms. The molecule has 5 nitrogen and oxygen atoms in total. The second-order valence-corrected chi connectivity index (χ2v) is 7.87. The third kappa shape index (κ3) is 7.11. The fourth-order valence-corrected chi connectivity index (χ4v) is 2.93. The van der Waals surface area contributed by atoms with Crippen LogP contribution in [0.5, 0.6) is 0 Å². The van der Waals surface area contributed by atoms with Crippen LogP contribution in [-0.2, 0) is 21.2 Å². The Morgan fingerprint density at radius 3 is 2.19 bits per heavy atom. The van der Waals surface area contributed by atoms with Gasteiger partial charge in [-0.25, -0.2) is 8.42 Å². The highest BCUT2D eigenvalue weighted by molar-refractivity contribution is 7.92. The minimum absolute atomic E-state index is 0.218. The van der Waals surface area contributed by atoms with Gasteiger partial charge in [-0.05, 0) is 54.3 Å². The van der Waals surface area contributed by atoms with Crippen molar-refractivity contribution in [2.24, 2.45) is 0 Å². The Hall–Kier alpha value is -2.60. The molecule has 0 aliphatic heterocycles. The molecule has 0 fully saturated rings. The minimum atomic E-state index is -3.29. The number of aryl methyl sites for hydroxylation is 1. The lowest BCUT2D eigenvalue weighted by Gasteiger charge is -2.05. The molecule has 0 spiro atoms. The average Bonchev–Trinajstić information content (AvgIpc) is 2.59. The van der Waals surface area contributed by atoms with Crippen molar-refractivity contribution >= 4 is 33.4 Å². The zero-order chi connectivity index (χ0) is 19.0. The highest BCUT2D eigenvalue weighted by Gasteiger charge is 2.01. The first-order valence-corrected chi connectivity index (χ1v) is 10.4. The van der Waals surface area contributed by atoms with Crippen LogP contribution in [0.4, 0.5) is 11.4 Å². The van der Waals surface area contributed by atoms with Crippen LogP contribution in [0.1, 0.15) is 30.9 Å². The van der Waals surface area contributed by atoms with Gasteiger partial charge < -0.3 is 5.32 Å². The Morgan fingerprint density at radius 2 is 1.62 bits per heavy atom. The highest BCUT2D eigenvalue weighted by atomic mass is 32.2. The molecule has 138 valence electrons. The van der Waals surface area contributed by atoms with E-state index in [2.05, 4.69) is 17.0 Å². The summed E-state index contributed by atoms with van der Waals surface area (Å²) in [5, 5.41) is 2.82. The summed E-state index contributed by atoms with van der Waals surface area (Å²) in [6.45, 7) is 2.16. The molecule has 1 amide bonds. The third-order valence-corrected chi connectivity index (χ3v) is 4.29. The van der Waals surface area contributed by atoms with Crippen molar-refractivity contribution < 1.29 is 13.2 Å². The van der Waals surface area contributed by atoms with Crippen LogP contribution in [0.15, 0.2) is 54.6 Å². The van der Waals surface area contributed by atoms with Gasteiger partial charge in [0.1, 0.15) is 0 Å². The number of unbranched alkanes of at least 4 members (excludes halogenated alkanes) is 1. The van der Waals surface area contributed by atoms with E-state index in [4.69, 9.17) is 0 Å². The van der Waals surface area contributed by atoms with Gasteiger partial charge in [0.05, 0.1) is 6.26 Å². The van der Waals surface area contributed by atoms with Gasteiger partial charge in [0, 0.05) is 17.5 Å². The van der Waals surface area contributed by atoms with Crippen LogP contribution in [0, 0.1) is 0 Å². The van der Waals surface area contributed by atoms with Crippen LogP contribution in [0.2, 0.25) is 0 Å². The molecule has 26 heavy (non-hydrogen) atoms. The lowest BCUT2D eigenvalue weighted by molar-refractivity contribution is -0.111. The van der Waals surface area contributed by atoms with Crippen LogP contribution >= 0.6 is 0 Å². The molecular weight excluding hydrogens is 348 g/mol. The van der Waals surface area contributed by atoms with Gasteiger partial charge in [-0.3, -0.25) is 9.52 Å². The van der Waals surface area contributed by atoms with Gasteiger partial charge in [-0.1, -0.05) is 37.6 Å². The number of amides is 1. The zero-order valence-electron chi connectivity index (χ0n) is 15.0. The molecule has 0 atom stereocenters. The van der Waals surface area contributed by atoms with Gasteiger partial charge in [0.25, 0.3) is 0 Å². The topological polar surface area (TPSA) is 75.3 Å². The molecule has 0 unspecified atom stereocenters. The average molecular weight is 372 g/mol. The third-order valence-electron chi connectivity index (χ3n) is 3.68. The molecule has 6 heteroatoms. The van der Waals surface area contributed by atoms with Crippen molar-refractivity contribution in [3.63, 3.8) is 0 Å². The second-order valence-electron chi connectivity index (χ2n) is 6.12. The molecule has 2 rings (SSSR count). The molecule has 0 saturated carbocycles. The van der Waals surface area contributed by atoms with Crippen molar-refractivity contribution in [3.8, 4) is 0 Å². The van der Waals surface area contributed by atoms with E-state index < -0.39 is 10.0 Å². The Bertz CT molecular complexity index is 855. The summed E-state index contributed by atoms with van der Waals surface area (Å²) in [6, 6.07) is 14.6. The molecule has 0 radical (unpaired) electrons. The molecule has 2 N–H and O–H groups in total. The predicted molar refractivity (Wildman–Crippen MR) is 108 cm³/mol. The van der Waals surface area contributed by atoms with Crippen molar-refractivity contribution in [1.82, 2.24) is 0 Å². The molecule has 0 aromatic heterocycles. The fraction of sp³-hybridized carbons (Fsp3) is 0.250. The van der Waals surface area contributed by atoms with E-state index in [0.717, 1.165) is 36.8 Å². The van der Waals surface area contributed by atoms with Crippen molar-refractivity contribution in [1.29, 1.82) is 0 Å². The second kappa shape index (κ2) is 9.20. The number of nitrogens with one attached hydrogen (secondary N) is 2. The molecule has 0 saturated heterocycles. The van der Waals surface area contributed by atoms with Crippen molar-refractivity contribution in [2.45, 2.75) is 26.2 Å². The van der Waals surface area contributed by atoms with E-state index in [1.54, 1.807) is 30.3 Å². The molecule has 2 aromatic rings. The lowest BCUT2D eigenvalue weighted by atomic mass is 10.1. The quantitative estimate of drug-likeness (QED) is 0.686. The maximum Gasteiger partial charge on any atom is 0.248 e. The summed E-state index contributed by atoms with van der Waals surface area (Å²) in [5.74, 6) is -0.218. The van der Waals surface area contributed by atoms with Crippen LogP contribution in [-0.4, -0.2) is 20.6 Å². The number of carbonyl (C=O) groups excluding carboxylic acids is 1. The predicted octanol–water partition coefficient (Wildman–Crippen LogP) is 4.05. The number of rotatable bonds is 8. The van der Waals surface area contributed by atoms with E-state index in [9.17, 15) is 13.2 Å². The first kappa shape index (κ1) is 19.7. The highest BCUT2D eigenvalue weighted by Crippen LogP contribution is 2.13. The number of hydrogen-bond acceptors (Lipinski definition) is 3.